The second kappa shape index (κ2) is 6.65. The van der Waals surface area contributed by atoms with Crippen LogP contribution in [0, 0.1) is 0 Å². The number of nitrogen functional groups attached to an aromatic ring is 1. The van der Waals surface area contributed by atoms with E-state index in [0.29, 0.717) is 16.8 Å². The first kappa shape index (κ1) is 14.7. The van der Waals surface area contributed by atoms with Crippen LogP contribution in [0.4, 0.5) is 5.69 Å². The maximum atomic E-state index is 12.2. The van der Waals surface area contributed by atoms with Crippen LogP contribution in [0.25, 0.3) is 0 Å². The van der Waals surface area contributed by atoms with Gasteiger partial charge in [-0.15, -0.1) is 0 Å². The summed E-state index contributed by atoms with van der Waals surface area (Å²) in [6, 6.07) is 13.7. The highest BCUT2D eigenvalue weighted by Gasteiger charge is 2.16. The second-order valence-corrected chi connectivity index (χ2v) is 4.34. The zero-order valence-corrected chi connectivity index (χ0v) is 11.3. The van der Waals surface area contributed by atoms with Crippen LogP contribution in [0.1, 0.15) is 26.3 Å². The summed E-state index contributed by atoms with van der Waals surface area (Å²) in [6.07, 6.45) is 0. The topological polar surface area (TPSA) is 110 Å². The van der Waals surface area contributed by atoms with Crippen molar-refractivity contribution in [1.82, 2.24) is 5.43 Å². The Morgan fingerprint density at radius 3 is 2.29 bits per heavy atom. The lowest BCUT2D eigenvalue weighted by molar-refractivity contribution is 0.0954. The van der Waals surface area contributed by atoms with Crippen LogP contribution in [0.2, 0.25) is 0 Å². The first-order valence-corrected chi connectivity index (χ1v) is 6.36. The van der Waals surface area contributed by atoms with Crippen LogP contribution in [-0.4, -0.2) is 11.8 Å². The number of anilines is 1. The molecule has 21 heavy (non-hydrogen) atoms. The van der Waals surface area contributed by atoms with E-state index in [1.807, 2.05) is 6.07 Å². The average molecular weight is 284 g/mol. The predicted octanol–water partition coefficient (Wildman–Crippen LogP) is 1.00. The smallest absolute Gasteiger partial charge is 0.267 e. The monoisotopic (exact) mass is 284 g/mol. The van der Waals surface area contributed by atoms with Gasteiger partial charge in [0, 0.05) is 12.1 Å². The van der Waals surface area contributed by atoms with E-state index >= 15 is 0 Å². The number of rotatable bonds is 4. The molecule has 2 rings (SSSR count). The van der Waals surface area contributed by atoms with Gasteiger partial charge in [-0.1, -0.05) is 30.3 Å². The molecule has 6 nitrogen and oxygen atoms in total. The maximum Gasteiger partial charge on any atom is 0.267 e. The number of nitrogens with one attached hydrogen (secondary N) is 2. The molecule has 6 heteroatoms. The van der Waals surface area contributed by atoms with Gasteiger partial charge in [0.1, 0.15) is 0 Å². The number of amides is 2. The third kappa shape index (κ3) is 3.25. The van der Waals surface area contributed by atoms with Crippen molar-refractivity contribution in [2.75, 3.05) is 5.32 Å². The summed E-state index contributed by atoms with van der Waals surface area (Å²) < 4.78 is 0. The highest BCUT2D eigenvalue weighted by Crippen LogP contribution is 2.22. The largest absolute Gasteiger partial charge is 0.326 e. The fraction of sp³-hybridized carbons (Fsp3) is 0.0667. The Morgan fingerprint density at radius 1 is 0.952 bits per heavy atom. The van der Waals surface area contributed by atoms with E-state index < -0.39 is 5.91 Å². The minimum absolute atomic E-state index is 0.191. The normalized spacial score (nSPS) is 10.0. The molecule has 0 atom stereocenters. The average Bonchev–Trinajstić information content (AvgIpc) is 2.55. The van der Waals surface area contributed by atoms with E-state index in [4.69, 9.17) is 11.6 Å². The lowest BCUT2D eigenvalue weighted by atomic mass is 10.1. The molecule has 0 aliphatic carbocycles. The molecule has 0 bridgehead atoms. The SMILES string of the molecule is NCc1cccc(C(=O)NN)c1NC(=O)c1ccccc1. The fourth-order valence-electron chi connectivity index (χ4n) is 1.96. The quantitative estimate of drug-likeness (QED) is 0.381. The van der Waals surface area contributed by atoms with Gasteiger partial charge in [0.05, 0.1) is 11.3 Å². The third-order valence-electron chi connectivity index (χ3n) is 3.02. The molecule has 0 heterocycles. The van der Waals surface area contributed by atoms with E-state index in [2.05, 4.69) is 10.7 Å². The van der Waals surface area contributed by atoms with Gasteiger partial charge < -0.3 is 11.1 Å². The summed E-state index contributed by atoms with van der Waals surface area (Å²) in [6.45, 7) is 0.191. The molecule has 2 amide bonds. The van der Waals surface area contributed by atoms with Gasteiger partial charge in [-0.2, -0.15) is 0 Å². The standard InChI is InChI=1S/C15H16N4O2/c16-9-11-7-4-8-12(15(21)19-17)13(11)18-14(20)10-5-2-1-3-6-10/h1-8H,9,16-17H2,(H,18,20)(H,19,21). The van der Waals surface area contributed by atoms with Crippen molar-refractivity contribution >= 4 is 17.5 Å². The van der Waals surface area contributed by atoms with Gasteiger partial charge in [0.25, 0.3) is 11.8 Å². The van der Waals surface area contributed by atoms with Crippen molar-refractivity contribution < 1.29 is 9.59 Å². The highest BCUT2D eigenvalue weighted by molar-refractivity contribution is 6.09. The Kier molecular flexibility index (Phi) is 4.65. The highest BCUT2D eigenvalue weighted by atomic mass is 16.2. The molecule has 0 unspecified atom stereocenters. The molecule has 0 saturated carbocycles. The molecule has 0 fully saturated rings. The summed E-state index contributed by atoms with van der Waals surface area (Å²) >= 11 is 0. The van der Waals surface area contributed by atoms with Crippen molar-refractivity contribution in [1.29, 1.82) is 0 Å². The first-order chi connectivity index (χ1) is 10.2. The van der Waals surface area contributed by atoms with Crippen LogP contribution in [0.3, 0.4) is 0 Å². The molecule has 0 aliphatic rings. The first-order valence-electron chi connectivity index (χ1n) is 6.36. The molecule has 0 saturated heterocycles. The van der Waals surface area contributed by atoms with Gasteiger partial charge in [0.2, 0.25) is 0 Å². The van der Waals surface area contributed by atoms with E-state index in [-0.39, 0.29) is 18.0 Å². The molecular formula is C15H16N4O2. The summed E-state index contributed by atoms with van der Waals surface area (Å²) in [5.41, 5.74) is 9.50. The van der Waals surface area contributed by atoms with E-state index in [0.717, 1.165) is 0 Å². The number of carbonyl (C=O) groups is 2. The maximum absolute atomic E-state index is 12.2. The zero-order valence-electron chi connectivity index (χ0n) is 11.3. The number of hydrogen-bond acceptors (Lipinski definition) is 4. The molecular weight excluding hydrogens is 268 g/mol. The zero-order chi connectivity index (χ0) is 15.2. The molecule has 0 aliphatic heterocycles. The lowest BCUT2D eigenvalue weighted by Crippen LogP contribution is -2.31. The minimum Gasteiger partial charge on any atom is -0.326 e. The van der Waals surface area contributed by atoms with Gasteiger partial charge in [0.15, 0.2) is 0 Å². The summed E-state index contributed by atoms with van der Waals surface area (Å²) in [4.78, 5) is 24.0. The predicted molar refractivity (Wildman–Crippen MR) is 80.4 cm³/mol. The van der Waals surface area contributed by atoms with Gasteiger partial charge in [-0.3, -0.25) is 15.0 Å². The van der Waals surface area contributed by atoms with Crippen molar-refractivity contribution in [2.24, 2.45) is 11.6 Å². The van der Waals surface area contributed by atoms with E-state index in [9.17, 15) is 9.59 Å². The van der Waals surface area contributed by atoms with Gasteiger partial charge >= 0.3 is 0 Å². The molecule has 0 radical (unpaired) electrons. The van der Waals surface area contributed by atoms with Crippen LogP contribution in [0.15, 0.2) is 48.5 Å². The lowest BCUT2D eigenvalue weighted by Gasteiger charge is -2.14. The molecule has 0 spiro atoms. The number of hydrazine groups is 1. The van der Waals surface area contributed by atoms with Gasteiger partial charge in [-0.25, -0.2) is 5.84 Å². The van der Waals surface area contributed by atoms with Crippen molar-refractivity contribution in [3.05, 3.63) is 65.2 Å². The van der Waals surface area contributed by atoms with Gasteiger partial charge in [-0.05, 0) is 23.8 Å². The molecule has 2 aromatic carbocycles. The van der Waals surface area contributed by atoms with Crippen LogP contribution in [0.5, 0.6) is 0 Å². The van der Waals surface area contributed by atoms with Crippen LogP contribution >= 0.6 is 0 Å². The number of benzene rings is 2. The van der Waals surface area contributed by atoms with Crippen molar-refractivity contribution in [3.8, 4) is 0 Å². The summed E-state index contributed by atoms with van der Waals surface area (Å²) in [5.74, 6) is 4.35. The Bertz CT molecular complexity index is 656. The second-order valence-electron chi connectivity index (χ2n) is 4.34. The number of hydrogen-bond donors (Lipinski definition) is 4. The Balaban J connectivity index is 2.38. The summed E-state index contributed by atoms with van der Waals surface area (Å²) in [5, 5.41) is 2.73. The fourth-order valence-corrected chi connectivity index (χ4v) is 1.96. The number of para-hydroxylation sites is 1. The third-order valence-corrected chi connectivity index (χ3v) is 3.02. The molecule has 2 aromatic rings. The number of carbonyl (C=O) groups excluding carboxylic acids is 2. The van der Waals surface area contributed by atoms with E-state index in [1.165, 1.54) is 0 Å². The number of nitrogens with two attached hydrogens (primary N) is 2. The van der Waals surface area contributed by atoms with E-state index in [1.54, 1.807) is 42.5 Å². The Labute approximate surface area is 122 Å². The summed E-state index contributed by atoms with van der Waals surface area (Å²) in [7, 11) is 0. The van der Waals surface area contributed by atoms with Crippen LogP contribution < -0.4 is 22.3 Å². The molecule has 0 aromatic heterocycles. The molecule has 108 valence electrons. The van der Waals surface area contributed by atoms with Crippen molar-refractivity contribution in [2.45, 2.75) is 6.54 Å². The van der Waals surface area contributed by atoms with Crippen molar-refractivity contribution in [3.63, 3.8) is 0 Å². The minimum atomic E-state index is -0.492. The Morgan fingerprint density at radius 2 is 1.67 bits per heavy atom. The molecule has 6 N–H and O–H groups in total. The van der Waals surface area contributed by atoms with Crippen LogP contribution in [-0.2, 0) is 6.54 Å². The Hall–Kier alpha value is -2.70.